The number of fused-ring (bicyclic) bond motifs is 2. The number of carbonyl (C=O) groups is 2. The number of rotatable bonds is 5. The van der Waals surface area contributed by atoms with Crippen molar-refractivity contribution in [1.82, 2.24) is 4.90 Å². The number of methoxy groups -OCH3 is 1. The van der Waals surface area contributed by atoms with Crippen LogP contribution in [0.3, 0.4) is 0 Å². The number of carboxylic acid groups (broad SMARTS) is 2. The molecular formula is C40H37NO9. The van der Waals surface area contributed by atoms with Gasteiger partial charge in [-0.05, 0) is 65.3 Å². The summed E-state index contributed by atoms with van der Waals surface area (Å²) in [4.78, 5) is 25.6. The highest BCUT2D eigenvalue weighted by Crippen LogP contribution is 2.55. The number of nitrogens with zero attached hydrogens (tertiary/aromatic N) is 1. The van der Waals surface area contributed by atoms with Crippen LogP contribution in [-0.4, -0.2) is 75.3 Å². The summed E-state index contributed by atoms with van der Waals surface area (Å²) in [5.41, 5.74) is 2.60. The lowest BCUT2D eigenvalue weighted by Gasteiger charge is -2.35. The minimum atomic E-state index is -1.28. The average Bonchev–Trinajstić information content (AvgIpc) is 3.36. The van der Waals surface area contributed by atoms with Crippen molar-refractivity contribution in [2.45, 2.75) is 43.4 Å². The minimum absolute atomic E-state index is 0.00838. The molecule has 1 aliphatic carbocycles. The molecule has 0 fully saturated rings. The van der Waals surface area contributed by atoms with Gasteiger partial charge in [-0.25, -0.2) is 9.59 Å². The molecule has 0 saturated heterocycles. The van der Waals surface area contributed by atoms with Gasteiger partial charge < -0.3 is 39.9 Å². The molecule has 5 aromatic rings. The van der Waals surface area contributed by atoms with Crippen LogP contribution in [-0.2, 0) is 18.4 Å². The van der Waals surface area contributed by atoms with Gasteiger partial charge in [-0.3, -0.25) is 0 Å². The second-order valence-corrected chi connectivity index (χ2v) is 13.2. The van der Waals surface area contributed by atoms with Crippen molar-refractivity contribution in [3.63, 3.8) is 0 Å². The lowest BCUT2D eigenvalue weighted by Crippen LogP contribution is -2.42. The lowest BCUT2D eigenvalue weighted by molar-refractivity contribution is 0.0682. The SMILES string of the molecule is COc1ccc2c3c1O[C@H]1C[C@@H](O)C=C[C@@]31CCN(C)C2.O=C(O)c1cc2ccccc2c(Cc2c(O)c(C(=O)O)cc3ccccc23)c1O. The molecule has 10 heteroatoms. The maximum atomic E-state index is 11.6. The van der Waals surface area contributed by atoms with Crippen LogP contribution in [0.2, 0.25) is 0 Å². The van der Waals surface area contributed by atoms with Crippen molar-refractivity contribution in [2.24, 2.45) is 0 Å². The molecule has 5 aromatic carbocycles. The van der Waals surface area contributed by atoms with E-state index >= 15 is 0 Å². The number of aromatic hydroxyl groups is 2. The third-order valence-electron chi connectivity index (χ3n) is 10.2. The number of benzene rings is 5. The molecule has 0 aromatic heterocycles. The smallest absolute Gasteiger partial charge is 0.339 e. The third-order valence-corrected chi connectivity index (χ3v) is 10.2. The average molecular weight is 676 g/mol. The van der Waals surface area contributed by atoms with E-state index in [-0.39, 0.29) is 29.1 Å². The van der Waals surface area contributed by atoms with E-state index in [9.17, 15) is 35.1 Å². The van der Waals surface area contributed by atoms with Crippen LogP contribution >= 0.6 is 0 Å². The van der Waals surface area contributed by atoms with E-state index in [1.165, 1.54) is 23.3 Å². The van der Waals surface area contributed by atoms with Crippen LogP contribution in [0.4, 0.5) is 0 Å². The van der Waals surface area contributed by atoms with Crippen LogP contribution in [0.25, 0.3) is 21.5 Å². The molecule has 5 N–H and O–H groups in total. The van der Waals surface area contributed by atoms with Crippen LogP contribution < -0.4 is 9.47 Å². The van der Waals surface area contributed by atoms with E-state index in [4.69, 9.17) is 9.47 Å². The Morgan fingerprint density at radius 2 is 1.48 bits per heavy atom. The maximum Gasteiger partial charge on any atom is 0.339 e. The number of hydrogen-bond acceptors (Lipinski definition) is 8. The molecule has 0 unspecified atom stereocenters. The molecule has 8 rings (SSSR count). The Labute approximate surface area is 288 Å². The maximum absolute atomic E-state index is 11.6. The fraction of sp³-hybridized carbons (Fsp3) is 0.250. The first kappa shape index (κ1) is 32.9. The van der Waals surface area contributed by atoms with Gasteiger partial charge in [-0.1, -0.05) is 66.7 Å². The normalized spacial score (nSPS) is 20.6. The molecule has 3 atom stereocenters. The Morgan fingerprint density at radius 3 is 2.04 bits per heavy atom. The largest absolute Gasteiger partial charge is 0.507 e. The predicted molar refractivity (Wildman–Crippen MR) is 188 cm³/mol. The first-order chi connectivity index (χ1) is 24.0. The van der Waals surface area contributed by atoms with Crippen LogP contribution in [0.5, 0.6) is 23.0 Å². The molecule has 1 spiro atoms. The van der Waals surface area contributed by atoms with Crippen molar-refractivity contribution in [3.05, 3.63) is 118 Å². The van der Waals surface area contributed by atoms with E-state index in [1.54, 1.807) is 55.6 Å². The van der Waals surface area contributed by atoms with E-state index in [1.807, 2.05) is 12.1 Å². The van der Waals surface area contributed by atoms with Crippen LogP contribution in [0.15, 0.2) is 84.9 Å². The highest BCUT2D eigenvalue weighted by atomic mass is 16.5. The molecule has 0 saturated carbocycles. The van der Waals surface area contributed by atoms with Gasteiger partial charge in [0.05, 0.1) is 18.6 Å². The van der Waals surface area contributed by atoms with Gasteiger partial charge in [0, 0.05) is 36.1 Å². The Kier molecular flexibility index (Phi) is 8.37. The topological polar surface area (TPSA) is 157 Å². The number of phenols is 2. The van der Waals surface area contributed by atoms with E-state index in [0.29, 0.717) is 39.1 Å². The molecule has 2 aliphatic heterocycles. The van der Waals surface area contributed by atoms with Crippen molar-refractivity contribution in [3.8, 4) is 23.0 Å². The Morgan fingerprint density at radius 1 is 0.900 bits per heavy atom. The van der Waals surface area contributed by atoms with E-state index in [0.717, 1.165) is 31.0 Å². The van der Waals surface area contributed by atoms with E-state index in [2.05, 4.69) is 24.1 Å². The summed E-state index contributed by atoms with van der Waals surface area (Å²) in [6, 6.07) is 20.9. The predicted octanol–water partition coefficient (Wildman–Crippen LogP) is 6.24. The van der Waals surface area contributed by atoms with Gasteiger partial charge in [0.2, 0.25) is 0 Å². The highest BCUT2D eigenvalue weighted by Gasteiger charge is 2.52. The van der Waals surface area contributed by atoms with Gasteiger partial charge in [-0.15, -0.1) is 0 Å². The second kappa shape index (κ2) is 12.7. The number of carboxylic acids is 2. The summed E-state index contributed by atoms with van der Waals surface area (Å²) in [6.07, 6.45) is 5.34. The molecule has 3 aliphatic rings. The molecule has 0 amide bonds. The van der Waals surface area contributed by atoms with Gasteiger partial charge >= 0.3 is 11.9 Å². The highest BCUT2D eigenvalue weighted by molar-refractivity contribution is 6.02. The molecule has 2 heterocycles. The standard InChI is InChI=1S/C23H16O6.C17H21NO3/c24-20-16(14-7-3-1-5-12(14)9-18(20)22(26)27)11-17-15-8-4-2-6-13(15)10-19(21(17)25)23(28)29;1-18-8-7-17-6-5-12(19)9-14(17)21-16-13(20-2)4-3-11(10-18)15(16)17/h1-10,24-25H,11H2,(H,26,27)(H,28,29);3-6,12,14,19H,7-10H2,1-2H3/t;12-,14-,17-/m.0/s1. The third kappa shape index (κ3) is 5.46. The fourth-order valence-electron chi connectivity index (χ4n) is 7.76. The molecule has 0 bridgehead atoms. The van der Waals surface area contributed by atoms with Gasteiger partial charge in [0.1, 0.15) is 28.7 Å². The number of aliphatic hydroxyl groups excluding tert-OH is 1. The Bertz CT molecular complexity index is 2110. The number of aliphatic hydroxyl groups is 1. The Hall–Kier alpha value is -5.58. The fourth-order valence-corrected chi connectivity index (χ4v) is 7.76. The van der Waals surface area contributed by atoms with Gasteiger partial charge in [0.15, 0.2) is 11.5 Å². The lowest BCUT2D eigenvalue weighted by atomic mass is 9.69. The molecular weight excluding hydrogens is 638 g/mol. The van der Waals surface area contributed by atoms with Crippen molar-refractivity contribution in [1.29, 1.82) is 0 Å². The number of hydrogen-bond donors (Lipinski definition) is 5. The van der Waals surface area contributed by atoms with Crippen molar-refractivity contribution >= 4 is 33.5 Å². The summed E-state index contributed by atoms with van der Waals surface area (Å²) in [5, 5.41) is 52.8. The van der Waals surface area contributed by atoms with Crippen molar-refractivity contribution < 1.29 is 44.6 Å². The zero-order valence-corrected chi connectivity index (χ0v) is 27.6. The quantitative estimate of drug-likeness (QED) is 0.135. The first-order valence-electron chi connectivity index (χ1n) is 16.4. The number of ether oxygens (including phenoxy) is 2. The van der Waals surface area contributed by atoms with E-state index < -0.39 is 29.5 Å². The zero-order chi connectivity index (χ0) is 35.3. The van der Waals surface area contributed by atoms with Crippen LogP contribution in [0.1, 0.15) is 55.8 Å². The van der Waals surface area contributed by atoms with Gasteiger partial charge in [0.25, 0.3) is 0 Å². The van der Waals surface area contributed by atoms with Crippen molar-refractivity contribution in [2.75, 3.05) is 20.7 Å². The van der Waals surface area contributed by atoms with Crippen LogP contribution in [0, 0.1) is 0 Å². The summed E-state index contributed by atoms with van der Waals surface area (Å²) in [5.74, 6) is -1.67. The molecule has 50 heavy (non-hydrogen) atoms. The Balaban J connectivity index is 0.000000165. The van der Waals surface area contributed by atoms with Gasteiger partial charge in [-0.2, -0.15) is 0 Å². The molecule has 0 radical (unpaired) electrons. The first-order valence-corrected chi connectivity index (χ1v) is 16.4. The number of aromatic carboxylic acids is 2. The second-order valence-electron chi connectivity index (χ2n) is 13.2. The molecule has 10 nitrogen and oxygen atoms in total. The summed E-state index contributed by atoms with van der Waals surface area (Å²) < 4.78 is 11.8. The minimum Gasteiger partial charge on any atom is -0.507 e. The summed E-state index contributed by atoms with van der Waals surface area (Å²) in [6.45, 7) is 1.96. The summed E-state index contributed by atoms with van der Waals surface area (Å²) >= 11 is 0. The monoisotopic (exact) mass is 675 g/mol. The molecule has 256 valence electrons. The summed E-state index contributed by atoms with van der Waals surface area (Å²) in [7, 11) is 3.84. The zero-order valence-electron chi connectivity index (χ0n) is 27.6.